The molecule has 2 heterocycles. The lowest BCUT2D eigenvalue weighted by Crippen LogP contribution is -2.02. The standard InChI is InChI=1S/C21H10BrClN2O2S/c22-15-4-5-19-13(8-15)9-17(21(26)27-19)18-11-28-20(25-18)14(10-24)6-12-2-1-3-16(23)7-12/h1-9,11H. The van der Waals surface area contributed by atoms with Crippen LogP contribution >= 0.6 is 38.9 Å². The summed E-state index contributed by atoms with van der Waals surface area (Å²) in [5.41, 5.74) is 2.06. The molecule has 2 aromatic heterocycles. The van der Waals surface area contributed by atoms with Gasteiger partial charge < -0.3 is 4.42 Å². The van der Waals surface area contributed by atoms with Crippen LogP contribution in [0.3, 0.4) is 0 Å². The Labute approximate surface area is 177 Å². The molecule has 28 heavy (non-hydrogen) atoms. The van der Waals surface area contributed by atoms with E-state index in [-0.39, 0.29) is 0 Å². The highest BCUT2D eigenvalue weighted by molar-refractivity contribution is 9.10. The second-order valence-corrected chi connectivity index (χ2v) is 8.10. The molecule has 0 aliphatic heterocycles. The Hall–Kier alpha value is -2.72. The van der Waals surface area contributed by atoms with Crippen LogP contribution in [0.5, 0.6) is 0 Å². The molecule has 0 spiro atoms. The number of benzene rings is 2. The number of nitrogens with zero attached hydrogens (tertiary/aromatic N) is 2. The van der Waals surface area contributed by atoms with Gasteiger partial charge in [-0.05, 0) is 48.0 Å². The molecule has 0 saturated carbocycles. The monoisotopic (exact) mass is 468 g/mol. The van der Waals surface area contributed by atoms with Crippen molar-refractivity contribution >= 4 is 61.5 Å². The van der Waals surface area contributed by atoms with Gasteiger partial charge in [0.15, 0.2) is 0 Å². The molecule has 0 N–H and O–H groups in total. The number of rotatable bonds is 3. The summed E-state index contributed by atoms with van der Waals surface area (Å²) in [6.45, 7) is 0. The third-order valence-corrected chi connectivity index (χ3v) is 5.59. The maximum absolute atomic E-state index is 12.4. The SMILES string of the molecule is N#CC(=Cc1cccc(Cl)c1)c1nc(-c2cc3cc(Br)ccc3oc2=O)cs1. The van der Waals surface area contributed by atoms with E-state index in [2.05, 4.69) is 27.0 Å². The van der Waals surface area contributed by atoms with Crippen LogP contribution in [0.2, 0.25) is 5.02 Å². The van der Waals surface area contributed by atoms with E-state index in [1.165, 1.54) is 11.3 Å². The Bertz CT molecular complexity index is 1330. The maximum atomic E-state index is 12.4. The largest absolute Gasteiger partial charge is 0.422 e. The summed E-state index contributed by atoms with van der Waals surface area (Å²) in [5, 5.41) is 13.2. The predicted octanol–water partition coefficient (Wildman–Crippen LogP) is 6.40. The van der Waals surface area contributed by atoms with Crippen molar-refractivity contribution in [1.82, 2.24) is 4.98 Å². The fraction of sp³-hybridized carbons (Fsp3) is 0. The van der Waals surface area contributed by atoms with Gasteiger partial charge in [0.05, 0.1) is 16.8 Å². The fourth-order valence-electron chi connectivity index (χ4n) is 2.70. The molecule has 0 bridgehead atoms. The third-order valence-electron chi connectivity index (χ3n) is 3.98. The molecule has 4 nitrogen and oxygen atoms in total. The molecule has 0 atom stereocenters. The van der Waals surface area contributed by atoms with Crippen molar-refractivity contribution in [2.45, 2.75) is 0 Å². The van der Waals surface area contributed by atoms with Crippen LogP contribution in [0, 0.1) is 11.3 Å². The predicted molar refractivity (Wildman–Crippen MR) is 116 cm³/mol. The number of nitriles is 1. The summed E-state index contributed by atoms with van der Waals surface area (Å²) in [4.78, 5) is 16.9. The van der Waals surface area contributed by atoms with Crippen LogP contribution in [0.15, 0.2) is 67.6 Å². The summed E-state index contributed by atoms with van der Waals surface area (Å²) in [6.07, 6.45) is 1.72. The van der Waals surface area contributed by atoms with Gasteiger partial charge in [-0.3, -0.25) is 0 Å². The molecule has 2 aromatic carbocycles. The molecule has 0 amide bonds. The van der Waals surface area contributed by atoms with E-state index in [1.54, 1.807) is 35.7 Å². The smallest absolute Gasteiger partial charge is 0.345 e. The van der Waals surface area contributed by atoms with Gasteiger partial charge in [-0.15, -0.1) is 11.3 Å². The van der Waals surface area contributed by atoms with Gasteiger partial charge >= 0.3 is 5.63 Å². The molecule has 136 valence electrons. The van der Waals surface area contributed by atoms with Crippen LogP contribution < -0.4 is 5.63 Å². The number of hydrogen-bond acceptors (Lipinski definition) is 5. The van der Waals surface area contributed by atoms with E-state index in [9.17, 15) is 10.1 Å². The van der Waals surface area contributed by atoms with Crippen molar-refractivity contribution in [3.8, 4) is 17.3 Å². The highest BCUT2D eigenvalue weighted by atomic mass is 79.9. The van der Waals surface area contributed by atoms with E-state index in [4.69, 9.17) is 16.0 Å². The Balaban J connectivity index is 1.77. The van der Waals surface area contributed by atoms with Gasteiger partial charge in [-0.2, -0.15) is 5.26 Å². The highest BCUT2D eigenvalue weighted by Crippen LogP contribution is 2.28. The number of thiazole rings is 1. The van der Waals surface area contributed by atoms with Crippen molar-refractivity contribution in [1.29, 1.82) is 5.26 Å². The second-order valence-electron chi connectivity index (χ2n) is 5.89. The first-order chi connectivity index (χ1) is 13.5. The van der Waals surface area contributed by atoms with Crippen molar-refractivity contribution in [3.05, 3.63) is 84.4 Å². The quantitative estimate of drug-likeness (QED) is 0.257. The average molecular weight is 470 g/mol. The van der Waals surface area contributed by atoms with Gasteiger partial charge in [0, 0.05) is 20.3 Å². The Morgan fingerprint density at radius 3 is 2.89 bits per heavy atom. The Kier molecular flexibility index (Phi) is 5.14. The molecule has 0 saturated heterocycles. The van der Waals surface area contributed by atoms with Crippen molar-refractivity contribution in [2.75, 3.05) is 0 Å². The Morgan fingerprint density at radius 2 is 2.11 bits per heavy atom. The third kappa shape index (κ3) is 3.78. The lowest BCUT2D eigenvalue weighted by molar-refractivity contribution is 0.563. The summed E-state index contributed by atoms with van der Waals surface area (Å²) in [5.74, 6) is 0. The first kappa shape index (κ1) is 18.6. The minimum absolute atomic E-state index is 0.355. The van der Waals surface area contributed by atoms with Crippen LogP contribution in [-0.4, -0.2) is 4.98 Å². The molecule has 4 rings (SSSR count). The summed E-state index contributed by atoms with van der Waals surface area (Å²) in [7, 11) is 0. The number of halogens is 2. The van der Waals surface area contributed by atoms with E-state index in [0.717, 1.165) is 15.4 Å². The van der Waals surface area contributed by atoms with Gasteiger partial charge in [-0.1, -0.05) is 39.7 Å². The minimum atomic E-state index is -0.469. The van der Waals surface area contributed by atoms with Crippen molar-refractivity contribution < 1.29 is 4.42 Å². The molecule has 0 aliphatic rings. The minimum Gasteiger partial charge on any atom is -0.422 e. The first-order valence-corrected chi connectivity index (χ1v) is 10.2. The van der Waals surface area contributed by atoms with E-state index in [1.807, 2.05) is 24.3 Å². The highest BCUT2D eigenvalue weighted by Gasteiger charge is 2.14. The van der Waals surface area contributed by atoms with Crippen LogP contribution in [0.1, 0.15) is 10.6 Å². The van der Waals surface area contributed by atoms with Gasteiger partial charge in [0.25, 0.3) is 0 Å². The molecule has 0 fully saturated rings. The topological polar surface area (TPSA) is 66.9 Å². The van der Waals surface area contributed by atoms with Gasteiger partial charge in [0.1, 0.15) is 16.7 Å². The molecule has 4 aromatic rings. The lowest BCUT2D eigenvalue weighted by atomic mass is 10.1. The van der Waals surface area contributed by atoms with E-state index >= 15 is 0 Å². The number of allylic oxidation sites excluding steroid dienone is 1. The summed E-state index contributed by atoms with van der Waals surface area (Å²) >= 11 is 10.7. The maximum Gasteiger partial charge on any atom is 0.345 e. The number of fused-ring (bicyclic) bond motifs is 1. The van der Waals surface area contributed by atoms with E-state index in [0.29, 0.717) is 32.4 Å². The molecule has 7 heteroatoms. The molecular formula is C21H10BrClN2O2S. The molecular weight excluding hydrogens is 460 g/mol. The summed E-state index contributed by atoms with van der Waals surface area (Å²) < 4.78 is 6.29. The first-order valence-electron chi connectivity index (χ1n) is 8.10. The average Bonchev–Trinajstić information content (AvgIpc) is 3.15. The zero-order valence-electron chi connectivity index (χ0n) is 14.1. The number of aromatic nitrogens is 1. The van der Waals surface area contributed by atoms with Gasteiger partial charge in [0.2, 0.25) is 0 Å². The zero-order chi connectivity index (χ0) is 19.7. The fourth-order valence-corrected chi connectivity index (χ4v) is 4.06. The summed E-state index contributed by atoms with van der Waals surface area (Å²) in [6, 6.07) is 16.5. The molecule has 0 radical (unpaired) electrons. The number of hydrogen-bond donors (Lipinski definition) is 0. The Morgan fingerprint density at radius 1 is 1.25 bits per heavy atom. The van der Waals surface area contributed by atoms with Crippen LogP contribution in [0.4, 0.5) is 0 Å². The van der Waals surface area contributed by atoms with Crippen LogP contribution in [-0.2, 0) is 0 Å². The van der Waals surface area contributed by atoms with Gasteiger partial charge in [-0.25, -0.2) is 9.78 Å². The molecule has 0 unspecified atom stereocenters. The van der Waals surface area contributed by atoms with Crippen molar-refractivity contribution in [3.63, 3.8) is 0 Å². The van der Waals surface area contributed by atoms with E-state index < -0.39 is 5.63 Å². The molecule has 0 aliphatic carbocycles. The second kappa shape index (κ2) is 7.72. The zero-order valence-corrected chi connectivity index (χ0v) is 17.3. The lowest BCUT2D eigenvalue weighted by Gasteiger charge is -2.00. The van der Waals surface area contributed by atoms with Crippen molar-refractivity contribution in [2.24, 2.45) is 0 Å². The van der Waals surface area contributed by atoms with Crippen LogP contribution in [0.25, 0.3) is 33.9 Å². The normalized spacial score (nSPS) is 11.5.